The highest BCUT2D eigenvalue weighted by atomic mass is 32.1. The smallest absolute Gasteiger partial charge is 0.267 e. The lowest BCUT2D eigenvalue weighted by Gasteiger charge is -2.01. The van der Waals surface area contributed by atoms with E-state index in [2.05, 4.69) is 10.3 Å². The molecule has 3 nitrogen and oxygen atoms in total. The highest BCUT2D eigenvalue weighted by molar-refractivity contribution is 7.16. The fourth-order valence-corrected chi connectivity index (χ4v) is 4.01. The third-order valence-corrected chi connectivity index (χ3v) is 5.31. The Balaban J connectivity index is 1.84. The van der Waals surface area contributed by atoms with Crippen LogP contribution in [0.15, 0.2) is 35.7 Å². The summed E-state index contributed by atoms with van der Waals surface area (Å²) in [7, 11) is 0. The molecule has 0 saturated heterocycles. The lowest BCUT2D eigenvalue weighted by Crippen LogP contribution is -2.11. The van der Waals surface area contributed by atoms with Crippen molar-refractivity contribution in [2.24, 2.45) is 0 Å². The molecule has 3 rings (SSSR count). The molecule has 2 heterocycles. The van der Waals surface area contributed by atoms with Crippen LogP contribution in [0.5, 0.6) is 0 Å². The van der Waals surface area contributed by atoms with E-state index in [1.54, 1.807) is 12.1 Å². The number of nitrogens with zero attached hydrogens (tertiary/aromatic N) is 1. The number of hydrogen-bond acceptors (Lipinski definition) is 4. The number of aryl methyl sites for hydroxylation is 2. The average molecular weight is 346 g/mol. The summed E-state index contributed by atoms with van der Waals surface area (Å²) in [5, 5.41) is 5.35. The highest BCUT2D eigenvalue weighted by Gasteiger charge is 2.16. The number of amides is 1. The maximum Gasteiger partial charge on any atom is 0.267 e. The molecule has 0 bridgehead atoms. The molecular formula is C17H15FN2OS2. The minimum atomic E-state index is -0.278. The van der Waals surface area contributed by atoms with E-state index < -0.39 is 0 Å². The molecule has 1 amide bonds. The van der Waals surface area contributed by atoms with Crippen molar-refractivity contribution in [3.63, 3.8) is 0 Å². The predicted molar refractivity (Wildman–Crippen MR) is 93.9 cm³/mol. The van der Waals surface area contributed by atoms with Crippen molar-refractivity contribution in [2.75, 3.05) is 5.32 Å². The number of carbonyl (C=O) groups excluding carboxylic acids is 1. The van der Waals surface area contributed by atoms with E-state index in [0.717, 1.165) is 33.0 Å². The number of nitrogens with one attached hydrogen (secondary N) is 1. The molecular weight excluding hydrogens is 331 g/mol. The second-order valence-corrected chi connectivity index (χ2v) is 7.13. The SMILES string of the molecule is CCc1ccsc1C(=O)Nc1nc(-c2ccc(F)cc2)c(C)s1. The van der Waals surface area contributed by atoms with Gasteiger partial charge in [0, 0.05) is 10.4 Å². The van der Waals surface area contributed by atoms with E-state index in [1.807, 2.05) is 25.3 Å². The van der Waals surface area contributed by atoms with Crippen LogP contribution in [0.1, 0.15) is 27.0 Å². The van der Waals surface area contributed by atoms with Crippen molar-refractivity contribution in [1.29, 1.82) is 0 Å². The molecule has 0 fully saturated rings. The molecule has 0 aliphatic carbocycles. The van der Waals surface area contributed by atoms with Crippen molar-refractivity contribution >= 4 is 33.7 Å². The van der Waals surface area contributed by atoms with Crippen LogP contribution in [0.3, 0.4) is 0 Å². The minimum Gasteiger partial charge on any atom is -0.297 e. The zero-order valence-corrected chi connectivity index (χ0v) is 14.4. The van der Waals surface area contributed by atoms with Gasteiger partial charge in [0.25, 0.3) is 5.91 Å². The maximum absolute atomic E-state index is 13.0. The summed E-state index contributed by atoms with van der Waals surface area (Å²) in [5.74, 6) is -0.406. The average Bonchev–Trinajstić information content (AvgIpc) is 3.14. The quantitative estimate of drug-likeness (QED) is 0.711. The lowest BCUT2D eigenvalue weighted by atomic mass is 10.1. The summed E-state index contributed by atoms with van der Waals surface area (Å²) in [4.78, 5) is 18.6. The summed E-state index contributed by atoms with van der Waals surface area (Å²) >= 11 is 2.85. The van der Waals surface area contributed by atoms with E-state index in [9.17, 15) is 9.18 Å². The molecule has 1 N–H and O–H groups in total. The standard InChI is InChI=1S/C17H15FN2OS2/c1-3-11-8-9-22-15(11)16(21)20-17-19-14(10(2)23-17)12-4-6-13(18)7-5-12/h4-9H,3H2,1-2H3,(H,19,20,21). The fourth-order valence-electron chi connectivity index (χ4n) is 2.29. The van der Waals surface area contributed by atoms with E-state index in [4.69, 9.17) is 0 Å². The van der Waals surface area contributed by atoms with Crippen molar-refractivity contribution in [3.05, 3.63) is 56.8 Å². The van der Waals surface area contributed by atoms with Crippen LogP contribution in [-0.2, 0) is 6.42 Å². The number of hydrogen-bond donors (Lipinski definition) is 1. The van der Waals surface area contributed by atoms with Crippen molar-refractivity contribution in [2.45, 2.75) is 20.3 Å². The summed E-state index contributed by atoms with van der Waals surface area (Å²) in [5.41, 5.74) is 2.65. The van der Waals surface area contributed by atoms with Crippen LogP contribution in [0.4, 0.5) is 9.52 Å². The summed E-state index contributed by atoms with van der Waals surface area (Å²) in [6.07, 6.45) is 0.823. The first kappa shape index (κ1) is 15.8. The molecule has 1 aromatic carbocycles. The molecule has 0 aliphatic rings. The van der Waals surface area contributed by atoms with Gasteiger partial charge >= 0.3 is 0 Å². The Bertz CT molecular complexity index is 837. The largest absolute Gasteiger partial charge is 0.297 e. The van der Waals surface area contributed by atoms with E-state index in [-0.39, 0.29) is 11.7 Å². The third-order valence-electron chi connectivity index (χ3n) is 3.47. The van der Waals surface area contributed by atoms with Gasteiger partial charge in [-0.1, -0.05) is 6.92 Å². The summed E-state index contributed by atoms with van der Waals surface area (Å²) in [6, 6.07) is 8.17. The molecule has 0 atom stereocenters. The zero-order valence-electron chi connectivity index (χ0n) is 12.7. The van der Waals surface area contributed by atoms with E-state index in [1.165, 1.54) is 34.8 Å². The van der Waals surface area contributed by atoms with Gasteiger partial charge in [-0.2, -0.15) is 0 Å². The Hall–Kier alpha value is -2.05. The van der Waals surface area contributed by atoms with Gasteiger partial charge in [0.2, 0.25) is 0 Å². The molecule has 6 heteroatoms. The fraction of sp³-hybridized carbons (Fsp3) is 0.176. The second-order valence-electron chi connectivity index (χ2n) is 5.01. The Morgan fingerprint density at radius 3 is 2.70 bits per heavy atom. The van der Waals surface area contributed by atoms with Crippen LogP contribution in [0, 0.1) is 12.7 Å². The Morgan fingerprint density at radius 1 is 1.26 bits per heavy atom. The number of benzene rings is 1. The number of aromatic nitrogens is 1. The van der Waals surface area contributed by atoms with E-state index >= 15 is 0 Å². The zero-order chi connectivity index (χ0) is 16.4. The number of thiophene rings is 1. The first-order chi connectivity index (χ1) is 11.1. The molecule has 23 heavy (non-hydrogen) atoms. The first-order valence-corrected chi connectivity index (χ1v) is 8.89. The summed E-state index contributed by atoms with van der Waals surface area (Å²) in [6.45, 7) is 3.97. The molecule has 0 unspecified atom stereocenters. The molecule has 0 spiro atoms. The van der Waals surface area contributed by atoms with Crippen molar-refractivity contribution < 1.29 is 9.18 Å². The molecule has 0 aliphatic heterocycles. The van der Waals surface area contributed by atoms with Gasteiger partial charge in [-0.3, -0.25) is 10.1 Å². The topological polar surface area (TPSA) is 42.0 Å². The number of halogens is 1. The number of anilines is 1. The van der Waals surface area contributed by atoms with Crippen LogP contribution >= 0.6 is 22.7 Å². The molecule has 0 radical (unpaired) electrons. The number of carbonyl (C=O) groups is 1. The van der Waals surface area contributed by atoms with Gasteiger partial charge in [-0.15, -0.1) is 22.7 Å². The van der Waals surface area contributed by atoms with Crippen LogP contribution in [0.25, 0.3) is 11.3 Å². The Kier molecular flexibility index (Phi) is 4.54. The van der Waals surface area contributed by atoms with E-state index in [0.29, 0.717) is 5.13 Å². The normalized spacial score (nSPS) is 10.7. The third kappa shape index (κ3) is 3.33. The molecule has 3 aromatic rings. The lowest BCUT2D eigenvalue weighted by molar-refractivity contribution is 0.103. The number of rotatable bonds is 4. The molecule has 118 valence electrons. The predicted octanol–water partition coefficient (Wildman–Crippen LogP) is 5.13. The monoisotopic (exact) mass is 346 g/mol. The van der Waals surface area contributed by atoms with Crippen LogP contribution in [0.2, 0.25) is 0 Å². The van der Waals surface area contributed by atoms with Gasteiger partial charge in [-0.25, -0.2) is 9.37 Å². The minimum absolute atomic E-state index is 0.128. The number of thiazole rings is 1. The van der Waals surface area contributed by atoms with Gasteiger partial charge < -0.3 is 0 Å². The van der Waals surface area contributed by atoms with Gasteiger partial charge in [0.1, 0.15) is 5.82 Å². The van der Waals surface area contributed by atoms with Crippen molar-refractivity contribution in [1.82, 2.24) is 4.98 Å². The second kappa shape index (κ2) is 6.60. The van der Waals surface area contributed by atoms with Crippen LogP contribution in [-0.4, -0.2) is 10.9 Å². The first-order valence-electron chi connectivity index (χ1n) is 7.19. The summed E-state index contributed by atoms with van der Waals surface area (Å²) < 4.78 is 13.0. The Labute approximate surface area is 141 Å². The maximum atomic E-state index is 13.0. The highest BCUT2D eigenvalue weighted by Crippen LogP contribution is 2.31. The van der Waals surface area contributed by atoms with Gasteiger partial charge in [-0.05, 0) is 54.6 Å². The van der Waals surface area contributed by atoms with Crippen molar-refractivity contribution in [3.8, 4) is 11.3 Å². The molecule has 0 saturated carbocycles. The van der Waals surface area contributed by atoms with Gasteiger partial charge in [0.05, 0.1) is 10.6 Å². The van der Waals surface area contributed by atoms with Gasteiger partial charge in [0.15, 0.2) is 5.13 Å². The Morgan fingerprint density at radius 2 is 2.00 bits per heavy atom. The molecule has 2 aromatic heterocycles. The van der Waals surface area contributed by atoms with Crippen LogP contribution < -0.4 is 5.32 Å².